The Morgan fingerprint density at radius 1 is 1.39 bits per heavy atom. The molecule has 0 spiro atoms. The van der Waals surface area contributed by atoms with Gasteiger partial charge in [0.25, 0.3) is 6.43 Å². The molecule has 1 aliphatic rings. The van der Waals surface area contributed by atoms with E-state index in [4.69, 9.17) is 10.5 Å². The molecule has 168 valence electrons. The average Bonchev–Trinajstić information content (AvgIpc) is 3.17. The Hall–Kier alpha value is -2.68. The molecule has 0 atom stereocenters. The van der Waals surface area contributed by atoms with Crippen molar-refractivity contribution in [2.45, 2.75) is 23.4 Å². The molecule has 5 N–H and O–H groups in total. The highest BCUT2D eigenvalue weighted by atomic mass is 32.2. The fourth-order valence-corrected chi connectivity index (χ4v) is 3.39. The van der Waals surface area contributed by atoms with Crippen molar-refractivity contribution < 1.29 is 32.5 Å². The molecule has 1 fully saturated rings. The quantitative estimate of drug-likeness (QED) is 0.144. The first-order chi connectivity index (χ1) is 14.8. The minimum atomic E-state index is -3.03. The Balaban J connectivity index is 1.60. The highest BCUT2D eigenvalue weighted by Crippen LogP contribution is 2.27. The van der Waals surface area contributed by atoms with Crippen molar-refractivity contribution >= 4 is 29.2 Å². The number of carbonyl (C=O) groups is 1. The van der Waals surface area contributed by atoms with E-state index in [1.165, 1.54) is 0 Å². The van der Waals surface area contributed by atoms with E-state index in [9.17, 15) is 23.2 Å². The van der Waals surface area contributed by atoms with Gasteiger partial charge in [0, 0.05) is 18.7 Å². The normalized spacial score (nSPS) is 15.6. The monoisotopic (exact) mass is 460 g/mol. The number of hydrogen-bond donors (Lipinski definition) is 4. The molecule has 0 saturated carbocycles. The second-order valence-corrected chi connectivity index (χ2v) is 7.81. The smallest absolute Gasteiger partial charge is 0.266 e. The van der Waals surface area contributed by atoms with E-state index in [0.717, 1.165) is 30.0 Å². The number of alkyl halides is 2. The topological polar surface area (TPSA) is 148 Å². The van der Waals surface area contributed by atoms with Crippen molar-refractivity contribution in [2.75, 3.05) is 25.5 Å². The minimum absolute atomic E-state index is 0.00859. The van der Waals surface area contributed by atoms with Gasteiger partial charge in [-0.15, -0.1) is 0 Å². The summed E-state index contributed by atoms with van der Waals surface area (Å²) < 4.78 is 48.8. The number of benzene rings is 1. The van der Waals surface area contributed by atoms with Gasteiger partial charge in [-0.25, -0.2) is 22.8 Å². The Kier molecular flexibility index (Phi) is 7.48. The molecule has 0 radical (unpaired) electrons. The zero-order chi connectivity index (χ0) is 22.4. The van der Waals surface area contributed by atoms with Gasteiger partial charge in [-0.05, 0) is 28.5 Å². The number of rotatable bonds is 9. The van der Waals surface area contributed by atoms with Crippen molar-refractivity contribution in [1.29, 1.82) is 0 Å². The predicted octanol–water partition coefficient (Wildman–Crippen LogP) is 1.53. The summed E-state index contributed by atoms with van der Waals surface area (Å²) in [5, 5.41) is 19.7. The lowest BCUT2D eigenvalue weighted by Crippen LogP contribution is -2.59. The third-order valence-corrected chi connectivity index (χ3v) is 5.15. The van der Waals surface area contributed by atoms with E-state index in [-0.39, 0.29) is 34.6 Å². The van der Waals surface area contributed by atoms with Crippen molar-refractivity contribution in [1.82, 2.24) is 21.1 Å². The maximum Gasteiger partial charge on any atom is 0.266 e. The number of halogens is 3. The van der Waals surface area contributed by atoms with Crippen LogP contribution in [0.3, 0.4) is 0 Å². The first-order valence-corrected chi connectivity index (χ1v) is 9.95. The van der Waals surface area contributed by atoms with Crippen LogP contribution in [0.5, 0.6) is 0 Å². The molecule has 0 unspecified atom stereocenters. The minimum Gasteiger partial charge on any atom is -0.377 e. The number of amides is 1. The van der Waals surface area contributed by atoms with Crippen LogP contribution < -0.4 is 16.5 Å². The highest BCUT2D eigenvalue weighted by molar-refractivity contribution is 7.99. The third-order valence-electron chi connectivity index (χ3n) is 4.20. The summed E-state index contributed by atoms with van der Waals surface area (Å²) in [5.74, 6) is -1.14. The summed E-state index contributed by atoms with van der Waals surface area (Å²) >= 11 is 1.15. The van der Waals surface area contributed by atoms with Gasteiger partial charge >= 0.3 is 0 Å². The van der Waals surface area contributed by atoms with Gasteiger partial charge in [0.05, 0.1) is 30.0 Å². The predicted molar refractivity (Wildman–Crippen MR) is 103 cm³/mol. The van der Waals surface area contributed by atoms with Gasteiger partial charge in [0.15, 0.2) is 16.6 Å². The summed E-state index contributed by atoms with van der Waals surface area (Å²) in [4.78, 5) is 15.9. The van der Waals surface area contributed by atoms with Gasteiger partial charge < -0.3 is 15.8 Å². The van der Waals surface area contributed by atoms with E-state index in [0.29, 0.717) is 25.5 Å². The van der Waals surface area contributed by atoms with Crippen LogP contribution in [0.2, 0.25) is 0 Å². The number of thioether (sulfide) groups is 1. The number of nitrogens with two attached hydrogens (primary N) is 1. The van der Waals surface area contributed by atoms with Crippen molar-refractivity contribution in [3.63, 3.8) is 0 Å². The van der Waals surface area contributed by atoms with Crippen LogP contribution in [0, 0.1) is 5.82 Å². The first-order valence-electron chi connectivity index (χ1n) is 8.97. The van der Waals surface area contributed by atoms with Gasteiger partial charge in [-0.1, -0.05) is 11.8 Å². The number of aliphatic imine (C=N–C) groups is 1. The summed E-state index contributed by atoms with van der Waals surface area (Å²) in [7, 11) is 0. The molecule has 14 heteroatoms. The molecule has 0 bridgehead atoms. The van der Waals surface area contributed by atoms with E-state index in [1.54, 1.807) is 5.48 Å². The highest BCUT2D eigenvalue weighted by Gasteiger charge is 2.36. The number of amidine groups is 1. The van der Waals surface area contributed by atoms with Crippen LogP contribution in [0.25, 0.3) is 0 Å². The lowest BCUT2D eigenvalue weighted by atomic mass is 9.94. The second kappa shape index (κ2) is 10.1. The Labute approximate surface area is 178 Å². The number of hydroxylamine groups is 1. The Morgan fingerprint density at radius 3 is 2.81 bits per heavy atom. The van der Waals surface area contributed by atoms with Gasteiger partial charge in [-0.3, -0.25) is 15.5 Å². The lowest BCUT2D eigenvalue weighted by molar-refractivity contribution is -0.128. The fourth-order valence-electron chi connectivity index (χ4n) is 2.63. The van der Waals surface area contributed by atoms with Crippen LogP contribution >= 0.6 is 11.8 Å². The number of ether oxygens (including phenoxy) is 1. The number of carbonyl (C=O) groups excluding carboxylic acids is 1. The van der Waals surface area contributed by atoms with Crippen molar-refractivity contribution in [2.24, 2.45) is 10.7 Å². The fraction of sp³-hybridized carbons (Fsp3) is 0.412. The Morgan fingerprint density at radius 2 is 2.16 bits per heavy atom. The molecule has 10 nitrogen and oxygen atoms in total. The molecule has 0 aliphatic carbocycles. The molecule has 1 saturated heterocycles. The van der Waals surface area contributed by atoms with E-state index < -0.39 is 23.3 Å². The molecule has 1 aliphatic heterocycles. The van der Waals surface area contributed by atoms with Crippen LogP contribution in [0.15, 0.2) is 32.8 Å². The van der Waals surface area contributed by atoms with Gasteiger partial charge in [0.1, 0.15) is 5.82 Å². The first kappa shape index (κ1) is 23.0. The lowest BCUT2D eigenvalue weighted by Gasteiger charge is -2.37. The summed E-state index contributed by atoms with van der Waals surface area (Å²) in [5.41, 5.74) is 6.24. The van der Waals surface area contributed by atoms with Crippen molar-refractivity contribution in [3.05, 3.63) is 35.3 Å². The molecule has 1 amide bonds. The average molecular weight is 460 g/mol. The number of hydrogen-bond acceptors (Lipinski definition) is 9. The summed E-state index contributed by atoms with van der Waals surface area (Å²) in [6, 6.07) is 2.85. The van der Waals surface area contributed by atoms with Crippen LogP contribution in [-0.2, 0) is 9.53 Å². The van der Waals surface area contributed by atoms with E-state index in [1.807, 2.05) is 0 Å². The number of aromatic nitrogens is 2. The SMILES string of the molecule is NC1(CC(=O)NCCSc2nonc2C(=Nc2ccc(F)c(C(F)F)c2)NO)COC1. The molecule has 1 aromatic carbocycles. The molecular weight excluding hydrogens is 441 g/mol. The summed E-state index contributed by atoms with van der Waals surface area (Å²) in [6.45, 7) is 0.972. The van der Waals surface area contributed by atoms with E-state index in [2.05, 4.69) is 25.3 Å². The number of nitrogens with one attached hydrogen (secondary N) is 2. The Bertz CT molecular complexity index is 954. The van der Waals surface area contributed by atoms with Crippen LogP contribution in [0.1, 0.15) is 24.1 Å². The summed E-state index contributed by atoms with van der Waals surface area (Å²) in [6.07, 6.45) is -2.88. The zero-order valence-electron chi connectivity index (χ0n) is 16.0. The number of nitrogens with zero attached hydrogens (tertiary/aromatic N) is 3. The largest absolute Gasteiger partial charge is 0.377 e. The second-order valence-electron chi connectivity index (χ2n) is 6.73. The van der Waals surface area contributed by atoms with Crippen molar-refractivity contribution in [3.8, 4) is 0 Å². The maximum atomic E-state index is 13.4. The van der Waals surface area contributed by atoms with Crippen LogP contribution in [-0.4, -0.2) is 58.3 Å². The van der Waals surface area contributed by atoms with E-state index >= 15 is 0 Å². The molecule has 1 aromatic heterocycles. The molecule has 3 rings (SSSR count). The molecular formula is C17H19F3N6O4S. The van der Waals surface area contributed by atoms with Crippen LogP contribution in [0.4, 0.5) is 18.9 Å². The molecule has 31 heavy (non-hydrogen) atoms. The molecule has 2 aromatic rings. The molecule has 2 heterocycles. The zero-order valence-corrected chi connectivity index (χ0v) is 16.8. The van der Waals surface area contributed by atoms with Gasteiger partial charge in [0.2, 0.25) is 5.91 Å². The third kappa shape index (κ3) is 5.94. The van der Waals surface area contributed by atoms with Gasteiger partial charge in [-0.2, -0.15) is 0 Å². The maximum absolute atomic E-state index is 13.4. The standard InChI is InChI=1S/C17H19F3N6O4S/c18-11-2-1-9(5-10(11)14(19)20)23-15(24-28)13-16(26-30-25-13)31-4-3-22-12(27)6-17(21)7-29-8-17/h1-2,5,14,28H,3-4,6-8,21H2,(H,22,27)(H,23,24).